The van der Waals surface area contributed by atoms with Gasteiger partial charge < -0.3 is 72.9 Å². The van der Waals surface area contributed by atoms with E-state index in [2.05, 4.69) is 56.5 Å². The molecule has 16 N–H and O–H groups in total. The molecule has 480 valence electrons. The molecule has 0 bridgehead atoms. The zero-order valence-electron chi connectivity index (χ0n) is 47.2. The van der Waals surface area contributed by atoms with Gasteiger partial charge in [-0.05, 0) is 49.3 Å². The number of urea groups is 1. The highest BCUT2D eigenvalue weighted by Gasteiger charge is 2.55. The van der Waals surface area contributed by atoms with Gasteiger partial charge in [-0.3, -0.25) is 75.7 Å². The smallest absolute Gasteiger partial charge is 0.445 e. The highest BCUT2D eigenvalue weighted by atomic mass is 31.2. The number of imidazole rings is 2. The predicted octanol–water partition coefficient (Wildman–Crippen LogP) is -1.62. The normalized spacial score (nSPS) is 26.0. The van der Waals surface area contributed by atoms with Crippen molar-refractivity contribution in [1.82, 2.24) is 65.2 Å². The first kappa shape index (κ1) is 64.9. The van der Waals surface area contributed by atoms with Crippen molar-refractivity contribution < 1.29 is 89.9 Å². The summed E-state index contributed by atoms with van der Waals surface area (Å²) in [6, 6.07) is 1.07. The molecule has 9 rings (SSSR count). The Morgan fingerprint density at radius 3 is 1.94 bits per heavy atom. The van der Waals surface area contributed by atoms with Gasteiger partial charge in [-0.15, -0.1) is 0 Å². The number of nitrogens with zero attached hydrogens (tertiary/aromatic N) is 7. The second kappa shape index (κ2) is 27.5. The zero-order chi connectivity index (χ0) is 64.1. The first-order chi connectivity index (χ1) is 42.2. The third-order valence-electron chi connectivity index (χ3n) is 14.3. The van der Waals surface area contributed by atoms with Crippen molar-refractivity contribution in [3.8, 4) is 0 Å². The van der Waals surface area contributed by atoms with Crippen molar-refractivity contribution in [2.24, 2.45) is 11.7 Å². The molecule has 5 aromatic rings. The van der Waals surface area contributed by atoms with Gasteiger partial charge in [-0.1, -0.05) is 32.4 Å². The van der Waals surface area contributed by atoms with Crippen molar-refractivity contribution >= 4 is 97.2 Å². The zero-order valence-corrected chi connectivity index (χ0v) is 49.0. The molecule has 12 atom stereocenters. The third-order valence-corrected chi connectivity index (χ3v) is 16.3. The monoisotopic (exact) mass is 1290 g/mol. The lowest BCUT2D eigenvalue weighted by Crippen LogP contribution is -2.54. The molecule has 3 saturated heterocycles. The summed E-state index contributed by atoms with van der Waals surface area (Å²) >= 11 is 0. The van der Waals surface area contributed by atoms with Crippen LogP contribution in [0.15, 0.2) is 58.7 Å². The molecule has 4 aromatic heterocycles. The summed E-state index contributed by atoms with van der Waals surface area (Å²) in [5.74, 6) is -3.74. The number of nitrogens with two attached hydrogens (primary N) is 3. The number of alkyl carbamates (subject to hydrolysis) is 1. The number of ether oxygens (including phenoxy) is 3. The number of aliphatic hydroxyl groups is 1. The number of benzene rings is 1. The van der Waals surface area contributed by atoms with Crippen molar-refractivity contribution in [2.45, 2.75) is 120 Å². The molecule has 11 unspecified atom stereocenters. The molecule has 0 spiro atoms. The Morgan fingerprint density at radius 1 is 0.775 bits per heavy atom. The van der Waals surface area contributed by atoms with Gasteiger partial charge >= 0.3 is 27.8 Å². The molecule has 4 aliphatic heterocycles. The number of amides is 8. The number of rotatable bonds is 21. The number of aromatic nitrogens is 8. The molecule has 4 aliphatic rings. The minimum absolute atomic E-state index is 0.00856. The number of unbranched alkanes of at least 4 members (excludes halogenated alkanes) is 2. The van der Waals surface area contributed by atoms with Gasteiger partial charge in [0.15, 0.2) is 34.8 Å². The van der Waals surface area contributed by atoms with E-state index in [0.717, 1.165) is 26.7 Å². The number of anilines is 3. The molecule has 0 saturated carbocycles. The molecular formula is C49H63N17O21P2. The largest absolute Gasteiger partial charge is 0.472 e. The average molecular weight is 1290 g/mol. The van der Waals surface area contributed by atoms with Crippen LogP contribution in [0.2, 0.25) is 0 Å². The topological polar surface area (TPSA) is 548 Å². The van der Waals surface area contributed by atoms with Crippen molar-refractivity contribution in [3.63, 3.8) is 0 Å². The van der Waals surface area contributed by atoms with Crippen molar-refractivity contribution in [2.75, 3.05) is 43.1 Å². The minimum atomic E-state index is -5.40. The van der Waals surface area contributed by atoms with Gasteiger partial charge in [-0.2, -0.15) is 9.97 Å². The van der Waals surface area contributed by atoms with Crippen LogP contribution in [0.5, 0.6) is 0 Å². The van der Waals surface area contributed by atoms with Crippen LogP contribution >= 0.6 is 15.6 Å². The van der Waals surface area contributed by atoms with Crippen LogP contribution in [-0.4, -0.2) is 175 Å². The van der Waals surface area contributed by atoms with Gasteiger partial charge in [0.1, 0.15) is 55.3 Å². The number of aromatic amines is 2. The van der Waals surface area contributed by atoms with E-state index in [1.165, 1.54) is 36.4 Å². The number of nitrogen functional groups attached to an aromatic ring is 2. The average Bonchev–Trinajstić information content (AvgIpc) is 1.90. The Labute approximate surface area is 501 Å². The number of aliphatic hydroxyl groups excluding tert-OH is 1. The fourth-order valence-corrected chi connectivity index (χ4v) is 12.0. The number of primary amides is 1. The molecule has 0 aliphatic carbocycles. The Hall–Kier alpha value is -8.55. The summed E-state index contributed by atoms with van der Waals surface area (Å²) in [5, 5.41) is 24.5. The molecule has 38 nitrogen and oxygen atoms in total. The fraction of sp³-hybridized carbons (Fsp3) is 0.490. The van der Waals surface area contributed by atoms with E-state index in [-0.39, 0.29) is 72.3 Å². The van der Waals surface area contributed by atoms with Gasteiger partial charge in [0.05, 0.1) is 25.9 Å². The van der Waals surface area contributed by atoms with E-state index >= 15 is 0 Å². The molecule has 1 aromatic carbocycles. The van der Waals surface area contributed by atoms with Crippen LogP contribution in [0.1, 0.15) is 70.4 Å². The number of hydrogen-bond acceptors (Lipinski definition) is 25. The second-order valence-electron chi connectivity index (χ2n) is 21.0. The highest BCUT2D eigenvalue weighted by Crippen LogP contribution is 2.54. The molecule has 8 amide bonds. The van der Waals surface area contributed by atoms with Crippen LogP contribution in [0.4, 0.5) is 27.2 Å². The summed E-state index contributed by atoms with van der Waals surface area (Å²) in [7, 11) is -10.7. The number of phosphoric ester groups is 2. The maximum Gasteiger partial charge on any atom is 0.472 e. The van der Waals surface area contributed by atoms with Crippen LogP contribution in [-0.2, 0) is 72.0 Å². The number of nitrogens with one attached hydrogen (secondary N) is 7. The Bertz CT molecular complexity index is 3750. The molecular weight excluding hydrogens is 1220 g/mol. The lowest BCUT2D eigenvalue weighted by Gasteiger charge is -2.29. The SMILES string of the molecule is CC(C)C(NC(=O)CCCCCN1C(=O)C=CC1=O)C(=O)N[C@@H](CCCNC(N)=O)C(=O)Nc1ccc(COC(=O)NC2C3OP(=O)(O)OCC4OC(n5cnc6c(=O)[nH]c(N)nc65)C(O)C4OP(=O)(O)OCC3OC2n2cnc3c(=O)[nH]c(N)nc32)cc1. The molecule has 89 heavy (non-hydrogen) atoms. The first-order valence-corrected chi connectivity index (χ1v) is 30.5. The number of imide groups is 1. The number of phosphoric acid groups is 2. The lowest BCUT2D eigenvalue weighted by atomic mass is 10.0. The van der Waals surface area contributed by atoms with E-state index in [1.807, 2.05) is 0 Å². The maximum absolute atomic E-state index is 14.0. The first-order valence-electron chi connectivity index (χ1n) is 27.5. The quantitative estimate of drug-likeness (QED) is 0.0223. The van der Waals surface area contributed by atoms with Gasteiger partial charge in [-0.25, -0.2) is 28.7 Å². The Balaban J connectivity index is 0.860. The van der Waals surface area contributed by atoms with E-state index in [0.29, 0.717) is 24.8 Å². The standard InChI is InChI=1S/C49H63N17O21P2/c1-22(2)31(58-28(67)8-4-3-5-16-64-29(68)13-14-30(64)69)41(72)57-25(7-6-15-53-48(52)75)40(71)56-24-11-9-23(10-12-24)17-81-49(76)59-32-36-26(84-44(32)65-20-54-33-38(65)60-46(50)62-42(33)73)18-82-89(79,80)87-37-27(19-83-88(77,78)86-36)85-45(35(37)70)66-21-55-34-39(66)61-47(51)63-43(34)74/h9-14,20-22,25-27,31-32,35-37,44-45,70H,3-8,15-19H2,1-2H3,(H,56,71)(H,57,72)(H,58,67)(H,59,76)(H,77,78)(H,79,80)(H3,52,53,75)(H3,50,60,62,73)(H3,51,61,63,74)/t25-,26?,27?,31?,32?,35?,36?,37?,44?,45?/m0/s1. The number of carbonyl (C=O) groups is 7. The Kier molecular flexibility index (Phi) is 20.0. The lowest BCUT2D eigenvalue weighted by molar-refractivity contribution is -0.137. The number of hydrogen-bond donors (Lipinski definition) is 13. The van der Waals surface area contributed by atoms with Crippen molar-refractivity contribution in [3.05, 3.63) is 75.3 Å². The van der Waals surface area contributed by atoms with Gasteiger partial charge in [0, 0.05) is 37.3 Å². The molecule has 3 fully saturated rings. The molecule has 40 heteroatoms. The number of carbonyl (C=O) groups excluding carboxylic acids is 7. The third kappa shape index (κ3) is 15.7. The summed E-state index contributed by atoms with van der Waals surface area (Å²) in [5.41, 5.74) is 14.9. The summed E-state index contributed by atoms with van der Waals surface area (Å²) < 4.78 is 69.2. The minimum Gasteiger partial charge on any atom is -0.445 e. The second-order valence-corrected chi connectivity index (χ2v) is 23.8. The summed E-state index contributed by atoms with van der Waals surface area (Å²) in [6.07, 6.45) is -7.37. The fourth-order valence-electron chi connectivity index (χ4n) is 10.0. The number of fused-ring (bicyclic) bond motifs is 4. The van der Waals surface area contributed by atoms with E-state index in [4.69, 9.17) is 49.5 Å². The van der Waals surface area contributed by atoms with Crippen LogP contribution < -0.4 is 54.9 Å². The van der Waals surface area contributed by atoms with Gasteiger partial charge in [0.2, 0.25) is 29.6 Å². The Morgan fingerprint density at radius 2 is 1.35 bits per heavy atom. The summed E-state index contributed by atoms with van der Waals surface area (Å²) in [4.78, 5) is 159. The van der Waals surface area contributed by atoms with Crippen LogP contribution in [0.25, 0.3) is 22.3 Å². The maximum atomic E-state index is 14.0. The molecule has 0 radical (unpaired) electrons. The van der Waals surface area contributed by atoms with Crippen LogP contribution in [0, 0.1) is 5.92 Å². The van der Waals surface area contributed by atoms with E-state index in [9.17, 15) is 67.2 Å². The van der Waals surface area contributed by atoms with E-state index in [1.54, 1.807) is 13.8 Å². The van der Waals surface area contributed by atoms with Crippen LogP contribution in [0.3, 0.4) is 0 Å². The number of H-pyrrole nitrogens is 2. The van der Waals surface area contributed by atoms with Crippen molar-refractivity contribution in [1.29, 1.82) is 0 Å². The predicted molar refractivity (Wildman–Crippen MR) is 302 cm³/mol. The summed E-state index contributed by atoms with van der Waals surface area (Å²) in [6.45, 7) is 1.17. The molecule has 8 heterocycles. The van der Waals surface area contributed by atoms with E-state index < -0.39 is 155 Å². The van der Waals surface area contributed by atoms with Gasteiger partial charge in [0.25, 0.3) is 22.9 Å². The highest BCUT2D eigenvalue weighted by molar-refractivity contribution is 7.47.